The van der Waals surface area contributed by atoms with Gasteiger partial charge in [-0.25, -0.2) is 4.99 Å². The summed E-state index contributed by atoms with van der Waals surface area (Å²) < 4.78 is 11.2. The monoisotopic (exact) mass is 398 g/mol. The zero-order valence-electron chi connectivity index (χ0n) is 17.1. The highest BCUT2D eigenvalue weighted by Crippen LogP contribution is 2.19. The smallest absolute Gasteiger partial charge is 0.261 e. The molecule has 0 saturated heterocycles. The van der Waals surface area contributed by atoms with Crippen molar-refractivity contribution in [3.05, 3.63) is 95.0 Å². The number of nitrogens with zero attached hydrogens (tertiary/aromatic N) is 1. The first-order valence-corrected chi connectivity index (χ1v) is 9.64. The molecule has 0 fully saturated rings. The van der Waals surface area contributed by atoms with E-state index in [1.807, 2.05) is 56.3 Å². The molecule has 0 aliphatic rings. The van der Waals surface area contributed by atoms with Crippen molar-refractivity contribution in [1.82, 2.24) is 0 Å². The molecular formula is C25H22N2O3. The molecule has 150 valence electrons. The molecule has 0 radical (unpaired) electrons. The maximum absolute atomic E-state index is 13.1. The van der Waals surface area contributed by atoms with Crippen LogP contribution in [0.25, 0.3) is 11.0 Å². The second-order valence-corrected chi connectivity index (χ2v) is 7.07. The Labute approximate surface area is 174 Å². The van der Waals surface area contributed by atoms with Gasteiger partial charge in [0.15, 0.2) is 0 Å². The van der Waals surface area contributed by atoms with E-state index in [2.05, 4.69) is 10.3 Å². The Morgan fingerprint density at radius 3 is 2.43 bits per heavy atom. The summed E-state index contributed by atoms with van der Waals surface area (Å²) >= 11 is 0. The fourth-order valence-electron chi connectivity index (χ4n) is 3.10. The first-order chi connectivity index (χ1) is 14.5. The maximum Gasteiger partial charge on any atom is 0.261 e. The van der Waals surface area contributed by atoms with Gasteiger partial charge in [-0.15, -0.1) is 0 Å². The molecule has 0 unspecified atom stereocenters. The summed E-state index contributed by atoms with van der Waals surface area (Å²) in [4.78, 5) is 17.7. The van der Waals surface area contributed by atoms with Crippen LogP contribution in [-0.4, -0.2) is 13.0 Å². The topological polar surface area (TPSA) is 63.8 Å². The van der Waals surface area contributed by atoms with Crippen LogP contribution in [0.4, 0.5) is 11.4 Å². The normalized spacial score (nSPS) is 11.5. The molecule has 0 spiro atoms. The summed E-state index contributed by atoms with van der Waals surface area (Å²) in [6, 6.07) is 22.4. The molecule has 30 heavy (non-hydrogen) atoms. The minimum absolute atomic E-state index is 0.267. The van der Waals surface area contributed by atoms with Gasteiger partial charge in [0.05, 0.1) is 12.8 Å². The van der Waals surface area contributed by atoms with Gasteiger partial charge in [-0.05, 0) is 73.5 Å². The van der Waals surface area contributed by atoms with Crippen molar-refractivity contribution >= 4 is 28.3 Å². The number of benzene rings is 3. The van der Waals surface area contributed by atoms with Crippen molar-refractivity contribution in [1.29, 1.82) is 0 Å². The Balaban J connectivity index is 1.80. The van der Waals surface area contributed by atoms with Crippen LogP contribution in [0.1, 0.15) is 21.5 Å². The average molecular weight is 398 g/mol. The molecule has 0 aliphatic heterocycles. The van der Waals surface area contributed by atoms with E-state index in [0.29, 0.717) is 16.8 Å². The Hall–Kier alpha value is -3.86. The molecule has 1 heterocycles. The molecule has 4 aromatic rings. The number of ether oxygens (including phenoxy) is 1. The minimum Gasteiger partial charge on any atom is -0.497 e. The SMILES string of the molecule is COc1ccc(NC(=O)c2cc3ccccc3oc2=Nc2ccc(C)c(C)c2)cc1. The van der Waals surface area contributed by atoms with E-state index >= 15 is 0 Å². The second kappa shape index (κ2) is 8.25. The molecule has 3 aromatic carbocycles. The summed E-state index contributed by atoms with van der Waals surface area (Å²) in [5.41, 5.74) is 5.00. The van der Waals surface area contributed by atoms with E-state index in [9.17, 15) is 4.79 Å². The van der Waals surface area contributed by atoms with E-state index in [1.54, 1.807) is 37.4 Å². The van der Waals surface area contributed by atoms with Gasteiger partial charge < -0.3 is 14.5 Å². The van der Waals surface area contributed by atoms with Gasteiger partial charge in [0.1, 0.15) is 16.9 Å². The van der Waals surface area contributed by atoms with Crippen LogP contribution >= 0.6 is 0 Å². The van der Waals surface area contributed by atoms with Crippen LogP contribution in [0.3, 0.4) is 0 Å². The Morgan fingerprint density at radius 1 is 0.933 bits per heavy atom. The van der Waals surface area contributed by atoms with E-state index in [0.717, 1.165) is 22.4 Å². The van der Waals surface area contributed by atoms with Crippen molar-refractivity contribution < 1.29 is 13.9 Å². The zero-order valence-corrected chi connectivity index (χ0v) is 17.1. The average Bonchev–Trinajstić information content (AvgIpc) is 2.76. The Bertz CT molecular complexity index is 1290. The van der Waals surface area contributed by atoms with E-state index in [-0.39, 0.29) is 11.5 Å². The number of hydrogen-bond acceptors (Lipinski definition) is 4. The molecule has 5 heteroatoms. The van der Waals surface area contributed by atoms with E-state index < -0.39 is 0 Å². The number of nitrogens with one attached hydrogen (secondary N) is 1. The predicted octanol–water partition coefficient (Wildman–Crippen LogP) is 5.54. The second-order valence-electron chi connectivity index (χ2n) is 7.07. The number of carbonyl (C=O) groups excluding carboxylic acids is 1. The summed E-state index contributed by atoms with van der Waals surface area (Å²) in [7, 11) is 1.60. The third-order valence-corrected chi connectivity index (χ3v) is 4.97. The van der Waals surface area contributed by atoms with Gasteiger partial charge in [0, 0.05) is 11.1 Å². The van der Waals surface area contributed by atoms with Crippen LogP contribution in [0.15, 0.2) is 82.2 Å². The zero-order chi connectivity index (χ0) is 21.1. The molecule has 1 N–H and O–H groups in total. The van der Waals surface area contributed by atoms with E-state index in [4.69, 9.17) is 9.15 Å². The van der Waals surface area contributed by atoms with Crippen molar-refractivity contribution in [2.24, 2.45) is 4.99 Å². The minimum atomic E-state index is -0.294. The number of amides is 1. The molecule has 5 nitrogen and oxygen atoms in total. The number of rotatable bonds is 4. The van der Waals surface area contributed by atoms with Crippen molar-refractivity contribution in [3.8, 4) is 5.75 Å². The van der Waals surface area contributed by atoms with Crippen LogP contribution in [0, 0.1) is 13.8 Å². The molecule has 4 rings (SSSR count). The highest BCUT2D eigenvalue weighted by Gasteiger charge is 2.13. The van der Waals surface area contributed by atoms with Gasteiger partial charge in [0.25, 0.3) is 5.91 Å². The fourth-order valence-corrected chi connectivity index (χ4v) is 3.10. The van der Waals surface area contributed by atoms with Crippen molar-refractivity contribution in [2.75, 3.05) is 12.4 Å². The Kier molecular flexibility index (Phi) is 5.35. The highest BCUT2D eigenvalue weighted by atomic mass is 16.5. The summed E-state index contributed by atoms with van der Waals surface area (Å²) in [6.07, 6.45) is 0. The lowest BCUT2D eigenvalue weighted by Gasteiger charge is -2.08. The number of para-hydroxylation sites is 1. The van der Waals surface area contributed by atoms with Gasteiger partial charge in [0.2, 0.25) is 5.55 Å². The van der Waals surface area contributed by atoms with Crippen molar-refractivity contribution in [2.45, 2.75) is 13.8 Å². The molecule has 1 aromatic heterocycles. The number of anilines is 1. The first kappa shape index (κ1) is 19.5. The molecular weight excluding hydrogens is 376 g/mol. The number of hydrogen-bond donors (Lipinski definition) is 1. The standard InChI is InChI=1S/C25H22N2O3/c1-16-8-9-20(14-17(16)2)27-25-22(15-18-6-4-5-7-23(18)30-25)24(28)26-19-10-12-21(29-3)13-11-19/h4-15H,1-3H3,(H,26,28). The lowest BCUT2D eigenvalue weighted by Crippen LogP contribution is -2.21. The van der Waals surface area contributed by atoms with Gasteiger partial charge in [-0.3, -0.25) is 4.79 Å². The summed E-state index contributed by atoms with van der Waals surface area (Å²) in [5, 5.41) is 3.74. The van der Waals surface area contributed by atoms with Crippen molar-refractivity contribution in [3.63, 3.8) is 0 Å². The fraction of sp³-hybridized carbons (Fsp3) is 0.120. The van der Waals surface area contributed by atoms with E-state index in [1.165, 1.54) is 5.56 Å². The molecule has 1 amide bonds. The third kappa shape index (κ3) is 4.10. The van der Waals surface area contributed by atoms with Gasteiger partial charge in [-0.1, -0.05) is 24.3 Å². The number of carbonyl (C=O) groups is 1. The lowest BCUT2D eigenvalue weighted by atomic mass is 10.1. The van der Waals surface area contributed by atoms with Crippen LogP contribution in [0.5, 0.6) is 5.75 Å². The summed E-state index contributed by atoms with van der Waals surface area (Å²) in [6.45, 7) is 4.08. The molecule has 0 aliphatic carbocycles. The first-order valence-electron chi connectivity index (χ1n) is 9.64. The predicted molar refractivity (Wildman–Crippen MR) is 118 cm³/mol. The van der Waals surface area contributed by atoms with Crippen LogP contribution in [-0.2, 0) is 0 Å². The number of aryl methyl sites for hydroxylation is 2. The largest absolute Gasteiger partial charge is 0.497 e. The molecule has 0 atom stereocenters. The summed E-state index contributed by atoms with van der Waals surface area (Å²) in [5.74, 6) is 0.427. The lowest BCUT2D eigenvalue weighted by molar-refractivity contribution is 0.102. The number of fused-ring (bicyclic) bond motifs is 1. The Morgan fingerprint density at radius 2 is 1.70 bits per heavy atom. The maximum atomic E-state index is 13.1. The highest BCUT2D eigenvalue weighted by molar-refractivity contribution is 6.05. The third-order valence-electron chi connectivity index (χ3n) is 4.97. The van der Waals surface area contributed by atoms with Gasteiger partial charge in [-0.2, -0.15) is 0 Å². The molecule has 0 saturated carbocycles. The van der Waals surface area contributed by atoms with Crippen LogP contribution < -0.4 is 15.6 Å². The van der Waals surface area contributed by atoms with Crippen LogP contribution in [0.2, 0.25) is 0 Å². The number of methoxy groups -OCH3 is 1. The van der Waals surface area contributed by atoms with Gasteiger partial charge >= 0.3 is 0 Å². The molecule has 0 bridgehead atoms. The quantitative estimate of drug-likeness (QED) is 0.491.